The lowest BCUT2D eigenvalue weighted by atomic mass is 9.92. The molecule has 3 saturated heterocycles. The fraction of sp³-hybridized carbons (Fsp3) is 0.731. The first-order chi connectivity index (χ1) is 15.1. The Morgan fingerprint density at radius 2 is 1.77 bits per heavy atom. The zero-order chi connectivity index (χ0) is 21.6. The average molecular weight is 428 g/mol. The number of aryl methyl sites for hydroxylation is 1. The molecule has 0 unspecified atom stereocenters. The number of ether oxygens (including phenoxy) is 1. The second-order valence-corrected chi connectivity index (χ2v) is 9.95. The molecular formula is C26H41N3O2. The van der Waals surface area contributed by atoms with Crippen molar-refractivity contribution in [2.24, 2.45) is 5.92 Å². The first-order valence-corrected chi connectivity index (χ1v) is 12.5. The Balaban J connectivity index is 1.18. The molecule has 5 heteroatoms. The molecule has 3 fully saturated rings. The highest BCUT2D eigenvalue weighted by Gasteiger charge is 2.32. The Bertz CT molecular complexity index is 702. The molecule has 31 heavy (non-hydrogen) atoms. The molecule has 0 aromatic heterocycles. The van der Waals surface area contributed by atoms with Gasteiger partial charge >= 0.3 is 0 Å². The maximum atomic E-state index is 12.9. The van der Waals surface area contributed by atoms with Gasteiger partial charge in [-0.25, -0.2) is 0 Å². The molecule has 3 heterocycles. The van der Waals surface area contributed by atoms with E-state index in [4.69, 9.17) is 4.74 Å². The van der Waals surface area contributed by atoms with E-state index in [0.717, 1.165) is 58.5 Å². The lowest BCUT2D eigenvalue weighted by molar-refractivity contribution is -0.138. The Morgan fingerprint density at radius 3 is 2.45 bits per heavy atom. The van der Waals surface area contributed by atoms with Crippen LogP contribution in [0, 0.1) is 12.8 Å². The van der Waals surface area contributed by atoms with Crippen LogP contribution in [0.2, 0.25) is 0 Å². The van der Waals surface area contributed by atoms with Gasteiger partial charge in [-0.1, -0.05) is 24.3 Å². The summed E-state index contributed by atoms with van der Waals surface area (Å²) in [6.07, 6.45) is 8.26. The SMILES string of the molecule is Cc1ccccc1CN1CCC(N2CCC(C(=O)N(C)C[C@H]3CCCCO3)CC2)CC1. The number of likely N-dealkylation sites (tertiary alicyclic amines) is 2. The first kappa shape index (κ1) is 22.8. The highest BCUT2D eigenvalue weighted by molar-refractivity contribution is 5.78. The van der Waals surface area contributed by atoms with E-state index in [9.17, 15) is 4.79 Å². The molecule has 1 atom stereocenters. The van der Waals surface area contributed by atoms with Crippen LogP contribution in [0.3, 0.4) is 0 Å². The van der Waals surface area contributed by atoms with Crippen molar-refractivity contribution in [3.63, 3.8) is 0 Å². The predicted octanol–water partition coefficient (Wildman–Crippen LogP) is 3.70. The van der Waals surface area contributed by atoms with Gasteiger partial charge in [0, 0.05) is 38.7 Å². The summed E-state index contributed by atoms with van der Waals surface area (Å²) in [5, 5.41) is 0. The third-order valence-electron chi connectivity index (χ3n) is 7.74. The zero-order valence-corrected chi connectivity index (χ0v) is 19.6. The first-order valence-electron chi connectivity index (χ1n) is 12.5. The third kappa shape index (κ3) is 6.09. The van der Waals surface area contributed by atoms with Crippen LogP contribution in [0.5, 0.6) is 0 Å². The number of hydrogen-bond acceptors (Lipinski definition) is 4. The Labute approximate surface area is 188 Å². The summed E-state index contributed by atoms with van der Waals surface area (Å²) < 4.78 is 5.83. The Kier molecular flexibility index (Phi) is 8.02. The lowest BCUT2D eigenvalue weighted by Crippen LogP contribution is -2.49. The molecule has 0 N–H and O–H groups in total. The Morgan fingerprint density at radius 1 is 1.03 bits per heavy atom. The summed E-state index contributed by atoms with van der Waals surface area (Å²) in [5.41, 5.74) is 2.86. The van der Waals surface area contributed by atoms with Crippen LogP contribution in [0.1, 0.15) is 56.1 Å². The molecule has 0 bridgehead atoms. The zero-order valence-electron chi connectivity index (χ0n) is 19.6. The molecule has 3 aliphatic heterocycles. The number of nitrogens with zero attached hydrogens (tertiary/aromatic N) is 3. The van der Waals surface area contributed by atoms with Gasteiger partial charge in [0.25, 0.3) is 0 Å². The quantitative estimate of drug-likeness (QED) is 0.694. The summed E-state index contributed by atoms with van der Waals surface area (Å²) in [5.74, 6) is 0.535. The van der Waals surface area contributed by atoms with Crippen LogP contribution in [-0.2, 0) is 16.1 Å². The third-order valence-corrected chi connectivity index (χ3v) is 7.74. The molecule has 4 rings (SSSR count). The number of piperidine rings is 2. The van der Waals surface area contributed by atoms with Crippen molar-refractivity contribution in [2.45, 2.75) is 70.6 Å². The fourth-order valence-corrected chi connectivity index (χ4v) is 5.64. The van der Waals surface area contributed by atoms with Gasteiger partial charge in [-0.05, 0) is 89.2 Å². The molecular weight excluding hydrogens is 386 g/mol. The van der Waals surface area contributed by atoms with Crippen molar-refractivity contribution >= 4 is 5.91 Å². The smallest absolute Gasteiger partial charge is 0.225 e. The van der Waals surface area contributed by atoms with Crippen molar-refractivity contribution in [1.82, 2.24) is 14.7 Å². The van der Waals surface area contributed by atoms with E-state index in [1.54, 1.807) is 0 Å². The minimum Gasteiger partial charge on any atom is -0.376 e. The summed E-state index contributed by atoms with van der Waals surface area (Å²) in [6, 6.07) is 9.45. The molecule has 1 aromatic rings. The largest absolute Gasteiger partial charge is 0.376 e. The van der Waals surface area contributed by atoms with Gasteiger partial charge in [-0.2, -0.15) is 0 Å². The number of amides is 1. The van der Waals surface area contributed by atoms with E-state index < -0.39 is 0 Å². The second kappa shape index (κ2) is 10.9. The molecule has 3 aliphatic rings. The van der Waals surface area contributed by atoms with E-state index in [-0.39, 0.29) is 12.0 Å². The molecule has 1 amide bonds. The van der Waals surface area contributed by atoms with E-state index in [0.29, 0.717) is 11.9 Å². The van der Waals surface area contributed by atoms with Gasteiger partial charge in [-0.15, -0.1) is 0 Å². The molecule has 5 nitrogen and oxygen atoms in total. The standard InChI is InChI=1S/C26H41N3O2/c1-21-7-3-4-8-23(21)19-28-14-12-24(13-15-28)29-16-10-22(11-17-29)26(30)27(2)20-25-9-5-6-18-31-25/h3-4,7-8,22,24-25H,5-6,9-20H2,1-2H3/t25-/m1/s1. The fourth-order valence-electron chi connectivity index (χ4n) is 5.64. The van der Waals surface area contributed by atoms with Gasteiger partial charge < -0.3 is 14.5 Å². The van der Waals surface area contributed by atoms with Gasteiger partial charge in [0.05, 0.1) is 6.10 Å². The highest BCUT2D eigenvalue weighted by Crippen LogP contribution is 2.26. The van der Waals surface area contributed by atoms with Gasteiger partial charge in [0.15, 0.2) is 0 Å². The maximum Gasteiger partial charge on any atom is 0.225 e. The van der Waals surface area contributed by atoms with Crippen LogP contribution < -0.4 is 0 Å². The number of likely N-dealkylation sites (N-methyl/N-ethyl adjacent to an activating group) is 1. The molecule has 0 spiro atoms. The molecule has 1 aromatic carbocycles. The predicted molar refractivity (Wildman–Crippen MR) is 125 cm³/mol. The number of carbonyl (C=O) groups is 1. The normalized spacial score (nSPS) is 24.9. The average Bonchev–Trinajstić information content (AvgIpc) is 2.81. The van der Waals surface area contributed by atoms with Gasteiger partial charge in [-0.3, -0.25) is 9.69 Å². The second-order valence-electron chi connectivity index (χ2n) is 9.95. The summed E-state index contributed by atoms with van der Waals surface area (Å²) in [4.78, 5) is 20.2. The summed E-state index contributed by atoms with van der Waals surface area (Å²) in [7, 11) is 1.97. The van der Waals surface area contributed by atoms with Crippen LogP contribution in [-0.4, -0.2) is 79.1 Å². The van der Waals surface area contributed by atoms with Crippen LogP contribution in [0.15, 0.2) is 24.3 Å². The van der Waals surface area contributed by atoms with Crippen molar-refractivity contribution in [3.8, 4) is 0 Å². The monoisotopic (exact) mass is 427 g/mol. The van der Waals surface area contributed by atoms with E-state index >= 15 is 0 Å². The molecule has 0 radical (unpaired) electrons. The minimum atomic E-state index is 0.200. The highest BCUT2D eigenvalue weighted by atomic mass is 16.5. The molecule has 0 aliphatic carbocycles. The number of rotatable bonds is 6. The van der Waals surface area contributed by atoms with Crippen molar-refractivity contribution in [3.05, 3.63) is 35.4 Å². The van der Waals surface area contributed by atoms with E-state index in [1.165, 1.54) is 43.5 Å². The van der Waals surface area contributed by atoms with Crippen LogP contribution in [0.25, 0.3) is 0 Å². The topological polar surface area (TPSA) is 36.0 Å². The van der Waals surface area contributed by atoms with E-state index in [1.807, 2.05) is 11.9 Å². The van der Waals surface area contributed by atoms with Gasteiger partial charge in [0.2, 0.25) is 5.91 Å². The summed E-state index contributed by atoms with van der Waals surface area (Å²) in [6.45, 7) is 9.43. The maximum absolute atomic E-state index is 12.9. The van der Waals surface area contributed by atoms with Crippen molar-refractivity contribution < 1.29 is 9.53 Å². The number of carbonyl (C=O) groups excluding carboxylic acids is 1. The van der Waals surface area contributed by atoms with Crippen LogP contribution in [0.4, 0.5) is 0 Å². The summed E-state index contributed by atoms with van der Waals surface area (Å²) >= 11 is 0. The lowest BCUT2D eigenvalue weighted by Gasteiger charge is -2.42. The Hall–Kier alpha value is -1.43. The number of benzene rings is 1. The van der Waals surface area contributed by atoms with Crippen molar-refractivity contribution in [2.75, 3.05) is 46.4 Å². The van der Waals surface area contributed by atoms with Crippen LogP contribution >= 0.6 is 0 Å². The van der Waals surface area contributed by atoms with Gasteiger partial charge in [0.1, 0.15) is 0 Å². The molecule has 172 valence electrons. The molecule has 0 saturated carbocycles. The minimum absolute atomic E-state index is 0.200. The van der Waals surface area contributed by atoms with E-state index in [2.05, 4.69) is 41.0 Å². The van der Waals surface area contributed by atoms with Crippen molar-refractivity contribution in [1.29, 1.82) is 0 Å². The number of hydrogen-bond donors (Lipinski definition) is 0.